The summed E-state index contributed by atoms with van der Waals surface area (Å²) in [4.78, 5) is 23.5. The van der Waals surface area contributed by atoms with Crippen LogP contribution in [0.4, 0.5) is 4.79 Å². The Morgan fingerprint density at radius 3 is 2.22 bits per heavy atom. The first-order valence-corrected chi connectivity index (χ1v) is 28.7. The summed E-state index contributed by atoms with van der Waals surface area (Å²) in [5.41, 5.74) is 4.41. The first-order valence-electron chi connectivity index (χ1n) is 28.7. The Hall–Kier alpha value is -6.34. The van der Waals surface area contributed by atoms with Crippen molar-refractivity contribution >= 4 is 22.6 Å². The van der Waals surface area contributed by atoms with Gasteiger partial charge in [-0.25, -0.2) is 4.79 Å². The Morgan fingerprint density at radius 2 is 1.44 bits per heavy atom. The standard InChI is InChI=1S/C65H80N2O10/c1-3-5-6-7-8-9-10-11-12-22-38-71-64(70)67(44-48-29-33-59-60(39-48)73-46-72-59)61-43-57(66-75-45-47-23-14-13-15-24-47)55-41-51(27-18-20-35-68)54(28-19-21-36-69)62-56-42-53(76-52-31-30-49-25-16-17-26-50(49)40-52)32-34-58(56)77-65(61,63(55)62)74-37-4-2/h4,13-17,23-26,29-34,39-42,51,54,61-63,68-69H,2-3,5-12,18-22,27-28,35-38,43-46H2,1H3/t51-,54+,61-,62+,63+,65+/m0/s1. The predicted octanol–water partition coefficient (Wildman–Crippen LogP) is 14.8. The summed E-state index contributed by atoms with van der Waals surface area (Å²) in [6, 6.07) is 35.4. The molecular formula is C65H80N2O10. The van der Waals surface area contributed by atoms with Crippen LogP contribution in [0, 0.1) is 17.8 Å². The van der Waals surface area contributed by atoms with Gasteiger partial charge in [0.25, 0.3) is 0 Å². The van der Waals surface area contributed by atoms with Gasteiger partial charge in [-0.05, 0) is 114 Å². The monoisotopic (exact) mass is 1050 g/mol. The summed E-state index contributed by atoms with van der Waals surface area (Å²) in [6.45, 7) is 7.48. The van der Waals surface area contributed by atoms with Crippen LogP contribution in [0.1, 0.15) is 139 Å². The third-order valence-electron chi connectivity index (χ3n) is 16.0. The number of amides is 1. The van der Waals surface area contributed by atoms with Gasteiger partial charge in [0.15, 0.2) is 11.5 Å². The first-order chi connectivity index (χ1) is 37.9. The Morgan fingerprint density at radius 1 is 0.740 bits per heavy atom. The Balaban J connectivity index is 1.15. The molecule has 1 saturated carbocycles. The summed E-state index contributed by atoms with van der Waals surface area (Å²) in [6.07, 6.45) is 20.0. The lowest BCUT2D eigenvalue weighted by Gasteiger charge is -2.59. The van der Waals surface area contributed by atoms with Gasteiger partial charge in [-0.1, -0.05) is 162 Å². The normalized spacial score (nSPS) is 21.4. The van der Waals surface area contributed by atoms with E-state index in [9.17, 15) is 10.2 Å². The summed E-state index contributed by atoms with van der Waals surface area (Å²) in [5, 5.41) is 27.6. The van der Waals surface area contributed by atoms with E-state index in [2.05, 4.69) is 49.9 Å². The van der Waals surface area contributed by atoms with Crippen molar-refractivity contribution in [3.63, 3.8) is 0 Å². The maximum absolute atomic E-state index is 15.3. The zero-order chi connectivity index (χ0) is 53.2. The topological polar surface area (TPSA) is 138 Å². The van der Waals surface area contributed by atoms with Gasteiger partial charge in [0.2, 0.25) is 12.6 Å². The van der Waals surface area contributed by atoms with Gasteiger partial charge in [0, 0.05) is 37.7 Å². The number of unbranched alkanes of at least 4 members (excludes halogenated alkanes) is 11. The highest BCUT2D eigenvalue weighted by atomic mass is 16.7. The number of allylic oxidation sites excluding steroid dienone is 1. The molecule has 0 spiro atoms. The van der Waals surface area contributed by atoms with Crippen LogP contribution in [0.2, 0.25) is 0 Å². The van der Waals surface area contributed by atoms with Crippen LogP contribution >= 0.6 is 0 Å². The van der Waals surface area contributed by atoms with Gasteiger partial charge in [-0.3, -0.25) is 4.90 Å². The number of carbonyl (C=O) groups is 1. The first kappa shape index (κ1) is 55.4. The van der Waals surface area contributed by atoms with Crippen LogP contribution in [0.25, 0.3) is 10.8 Å². The van der Waals surface area contributed by atoms with Gasteiger partial charge in [0.05, 0.1) is 24.8 Å². The van der Waals surface area contributed by atoms with Crippen molar-refractivity contribution in [2.45, 2.75) is 147 Å². The van der Waals surface area contributed by atoms with Crippen molar-refractivity contribution in [1.82, 2.24) is 4.90 Å². The van der Waals surface area contributed by atoms with E-state index in [0.717, 1.165) is 78.0 Å². The maximum Gasteiger partial charge on any atom is 0.410 e. The fourth-order valence-electron chi connectivity index (χ4n) is 12.2. The van der Waals surface area contributed by atoms with Crippen LogP contribution in [-0.2, 0) is 27.5 Å². The highest BCUT2D eigenvalue weighted by Gasteiger charge is 2.66. The molecule has 4 aliphatic rings. The summed E-state index contributed by atoms with van der Waals surface area (Å²) in [5.74, 6) is 1.08. The molecule has 2 N–H and O–H groups in total. The van der Waals surface area contributed by atoms with E-state index < -0.39 is 23.8 Å². The molecule has 0 aromatic heterocycles. The van der Waals surface area contributed by atoms with Crippen molar-refractivity contribution in [3.8, 4) is 28.7 Å². The number of benzene rings is 5. The third-order valence-corrected chi connectivity index (χ3v) is 16.0. The van der Waals surface area contributed by atoms with Gasteiger partial charge < -0.3 is 43.5 Å². The van der Waals surface area contributed by atoms with Crippen molar-refractivity contribution in [3.05, 3.63) is 150 Å². The number of hydrogen-bond donors (Lipinski definition) is 2. The molecule has 12 heteroatoms. The molecule has 0 bridgehead atoms. The Labute approximate surface area is 456 Å². The highest BCUT2D eigenvalue weighted by Crippen LogP contribution is 2.62. The SMILES string of the molecule is C=CCO[C@@]12Oc3ccc(Oc4ccc5ccccc5c4)cc3[C@H]3[C@H](CCCCO)[C@@H](CCCCO)C=C(C(=NOCc4ccccc4)C[C@@H]1N(Cc1ccc4c(c1)OCO4)C(=O)OCCCCCCCCCCCC)[C@H]32. The van der Waals surface area contributed by atoms with E-state index in [1.807, 2.05) is 78.9 Å². The lowest BCUT2D eigenvalue weighted by Crippen LogP contribution is -2.70. The molecule has 6 atom stereocenters. The molecule has 1 fully saturated rings. The lowest BCUT2D eigenvalue weighted by molar-refractivity contribution is -0.256. The summed E-state index contributed by atoms with van der Waals surface area (Å²) >= 11 is 0. The molecule has 0 radical (unpaired) electrons. The number of nitrogens with zero attached hydrogens (tertiary/aromatic N) is 2. The van der Waals surface area contributed by atoms with Gasteiger partial charge >= 0.3 is 6.09 Å². The fraction of sp³-hybridized carbons (Fsp3) is 0.477. The molecule has 9 rings (SSSR count). The molecule has 410 valence electrons. The quantitative estimate of drug-likeness (QED) is 0.0260. The second kappa shape index (κ2) is 27.8. The predicted molar refractivity (Wildman–Crippen MR) is 302 cm³/mol. The number of rotatable bonds is 30. The second-order valence-corrected chi connectivity index (χ2v) is 21.3. The molecular weight excluding hydrogens is 969 g/mol. The van der Waals surface area contributed by atoms with Gasteiger partial charge in [0.1, 0.15) is 29.9 Å². The van der Waals surface area contributed by atoms with Crippen molar-refractivity contribution in [2.75, 3.05) is 33.2 Å². The number of aliphatic hydroxyl groups excluding tert-OH is 2. The molecule has 0 unspecified atom stereocenters. The van der Waals surface area contributed by atoms with E-state index in [4.69, 9.17) is 38.4 Å². The van der Waals surface area contributed by atoms with Gasteiger partial charge in [-0.2, -0.15) is 0 Å². The van der Waals surface area contributed by atoms with Crippen LogP contribution in [0.3, 0.4) is 0 Å². The molecule has 2 heterocycles. The van der Waals surface area contributed by atoms with E-state index in [1.54, 1.807) is 11.0 Å². The van der Waals surface area contributed by atoms with E-state index in [0.29, 0.717) is 47.3 Å². The molecule has 77 heavy (non-hydrogen) atoms. The number of ether oxygens (including phenoxy) is 6. The molecule has 0 saturated heterocycles. The van der Waals surface area contributed by atoms with Crippen LogP contribution in [0.5, 0.6) is 28.7 Å². The number of carbonyl (C=O) groups excluding carboxylic acids is 1. The molecule has 2 aliphatic heterocycles. The average molecular weight is 1050 g/mol. The molecule has 12 nitrogen and oxygen atoms in total. The highest BCUT2D eigenvalue weighted by molar-refractivity contribution is 6.03. The van der Waals surface area contributed by atoms with E-state index in [-0.39, 0.29) is 70.5 Å². The number of hydrogen-bond acceptors (Lipinski definition) is 11. The lowest BCUT2D eigenvalue weighted by atomic mass is 9.55. The number of fused-ring (bicyclic) bond motifs is 4. The minimum absolute atomic E-state index is 0.0232. The molecule has 5 aromatic carbocycles. The smallest absolute Gasteiger partial charge is 0.410 e. The van der Waals surface area contributed by atoms with Gasteiger partial charge in [-0.15, -0.1) is 6.58 Å². The molecule has 5 aromatic rings. The average Bonchev–Trinajstić information content (AvgIpc) is 3.94. The van der Waals surface area contributed by atoms with Crippen LogP contribution < -0.4 is 18.9 Å². The third kappa shape index (κ3) is 13.7. The zero-order valence-corrected chi connectivity index (χ0v) is 45.2. The van der Waals surface area contributed by atoms with Crippen LogP contribution in [-0.4, -0.2) is 72.0 Å². The Kier molecular flexibility index (Phi) is 20.0. The minimum Gasteiger partial charge on any atom is -0.459 e. The van der Waals surface area contributed by atoms with E-state index in [1.165, 1.54) is 44.9 Å². The van der Waals surface area contributed by atoms with Crippen molar-refractivity contribution in [1.29, 1.82) is 0 Å². The summed E-state index contributed by atoms with van der Waals surface area (Å²) in [7, 11) is 0. The van der Waals surface area contributed by atoms with Crippen molar-refractivity contribution < 1.29 is 48.3 Å². The molecule has 1 amide bonds. The Bertz CT molecular complexity index is 2760. The number of oxime groups is 1. The fourth-order valence-corrected chi connectivity index (χ4v) is 12.2. The number of aliphatic hydroxyl groups is 2. The molecule has 2 aliphatic carbocycles. The maximum atomic E-state index is 15.3. The summed E-state index contributed by atoms with van der Waals surface area (Å²) < 4.78 is 39.6. The second-order valence-electron chi connectivity index (χ2n) is 21.3. The van der Waals surface area contributed by atoms with Crippen LogP contribution in [0.15, 0.2) is 139 Å². The van der Waals surface area contributed by atoms with Crippen molar-refractivity contribution in [2.24, 2.45) is 22.9 Å². The minimum atomic E-state index is -1.49. The largest absolute Gasteiger partial charge is 0.459 e. The zero-order valence-electron chi connectivity index (χ0n) is 45.2. The van der Waals surface area contributed by atoms with E-state index >= 15 is 4.79 Å².